The Hall–Kier alpha value is -2.43. The smallest absolute Gasteiger partial charge is 0.337 e. The van der Waals surface area contributed by atoms with Crippen LogP contribution in [0.15, 0.2) is 35.4 Å². The maximum atomic E-state index is 13.1. The van der Waals surface area contributed by atoms with Gasteiger partial charge in [-0.05, 0) is 56.7 Å². The molecule has 4 atom stereocenters. The average molecular weight is 339 g/mol. The van der Waals surface area contributed by atoms with Crippen molar-refractivity contribution >= 4 is 23.5 Å². The van der Waals surface area contributed by atoms with E-state index in [4.69, 9.17) is 4.74 Å². The monoisotopic (exact) mass is 339 g/mol. The first-order valence-electron chi connectivity index (χ1n) is 8.69. The lowest BCUT2D eigenvalue weighted by Gasteiger charge is -2.19. The maximum Gasteiger partial charge on any atom is 0.337 e. The second kappa shape index (κ2) is 5.55. The molecule has 0 spiro atoms. The van der Waals surface area contributed by atoms with E-state index in [1.165, 1.54) is 23.2 Å². The van der Waals surface area contributed by atoms with Crippen molar-refractivity contribution in [1.29, 1.82) is 0 Å². The Labute approximate surface area is 146 Å². The van der Waals surface area contributed by atoms with Crippen molar-refractivity contribution in [2.75, 3.05) is 12.0 Å². The molecule has 3 aliphatic rings. The first-order valence-corrected chi connectivity index (χ1v) is 8.69. The van der Waals surface area contributed by atoms with Gasteiger partial charge < -0.3 is 4.74 Å². The zero-order valence-electron chi connectivity index (χ0n) is 14.6. The molecule has 25 heavy (non-hydrogen) atoms. The van der Waals surface area contributed by atoms with E-state index in [1.807, 2.05) is 0 Å². The van der Waals surface area contributed by atoms with Crippen LogP contribution in [0.2, 0.25) is 0 Å². The Bertz CT molecular complexity index is 789. The summed E-state index contributed by atoms with van der Waals surface area (Å²) < 4.78 is 4.73. The van der Waals surface area contributed by atoms with Crippen molar-refractivity contribution in [3.05, 3.63) is 41.0 Å². The van der Waals surface area contributed by atoms with Gasteiger partial charge >= 0.3 is 5.97 Å². The topological polar surface area (TPSA) is 63.7 Å². The van der Waals surface area contributed by atoms with Crippen molar-refractivity contribution < 1.29 is 19.1 Å². The maximum absolute atomic E-state index is 13.1. The van der Waals surface area contributed by atoms with Crippen molar-refractivity contribution in [2.45, 2.75) is 26.7 Å². The Morgan fingerprint density at radius 3 is 2.20 bits per heavy atom. The van der Waals surface area contributed by atoms with E-state index < -0.39 is 5.97 Å². The van der Waals surface area contributed by atoms with Gasteiger partial charge in [-0.3, -0.25) is 9.59 Å². The van der Waals surface area contributed by atoms with Gasteiger partial charge in [0.15, 0.2) is 0 Å². The number of nitrogens with zero attached hydrogens (tertiary/aromatic N) is 1. The van der Waals surface area contributed by atoms with Crippen LogP contribution in [-0.4, -0.2) is 24.9 Å². The molecule has 1 aliphatic heterocycles. The Kier molecular flexibility index (Phi) is 3.56. The van der Waals surface area contributed by atoms with Crippen molar-refractivity contribution in [3.63, 3.8) is 0 Å². The third-order valence-electron chi connectivity index (χ3n) is 5.96. The predicted octanol–water partition coefficient (Wildman–Crippen LogP) is 2.96. The fourth-order valence-electron chi connectivity index (χ4n) is 5.14. The zero-order chi connectivity index (χ0) is 17.9. The summed E-state index contributed by atoms with van der Waals surface area (Å²) in [7, 11) is 1.31. The zero-order valence-corrected chi connectivity index (χ0v) is 14.6. The molecule has 0 aromatic heterocycles. The predicted molar refractivity (Wildman–Crippen MR) is 91.8 cm³/mol. The minimum Gasteiger partial charge on any atom is -0.465 e. The highest BCUT2D eigenvalue weighted by molar-refractivity contribution is 6.23. The van der Waals surface area contributed by atoms with Gasteiger partial charge in [0, 0.05) is 0 Å². The highest BCUT2D eigenvalue weighted by atomic mass is 16.5. The summed E-state index contributed by atoms with van der Waals surface area (Å²) in [6, 6.07) is 6.55. The molecule has 2 amide bonds. The summed E-state index contributed by atoms with van der Waals surface area (Å²) in [6.45, 7) is 4.16. The molecule has 4 rings (SSSR count). The van der Waals surface area contributed by atoms with Gasteiger partial charge in [0.25, 0.3) is 0 Å². The fourth-order valence-corrected chi connectivity index (χ4v) is 5.14. The van der Waals surface area contributed by atoms with Crippen LogP contribution >= 0.6 is 0 Å². The molecular weight excluding hydrogens is 318 g/mol. The third kappa shape index (κ3) is 2.11. The van der Waals surface area contributed by atoms with Crippen molar-refractivity contribution in [2.24, 2.45) is 23.7 Å². The molecule has 3 fully saturated rings. The number of rotatable bonds is 2. The SMILES string of the molecule is COC(=O)c1cccc(N2C(=O)[C@@H]3[C@H](C2=O)[C@H]2CC[C@H]3C2=C(C)C)c1. The largest absolute Gasteiger partial charge is 0.465 e. The molecular formula is C20H21NO4. The normalized spacial score (nSPS) is 30.0. The number of carbonyl (C=O) groups excluding carboxylic acids is 3. The lowest BCUT2D eigenvalue weighted by atomic mass is 9.81. The lowest BCUT2D eigenvalue weighted by Crippen LogP contribution is -2.33. The number of ether oxygens (including phenoxy) is 1. The molecule has 1 saturated heterocycles. The molecule has 2 saturated carbocycles. The Morgan fingerprint density at radius 1 is 1.08 bits per heavy atom. The summed E-state index contributed by atoms with van der Waals surface area (Å²) >= 11 is 0. The molecule has 5 heteroatoms. The fraction of sp³-hybridized carbons (Fsp3) is 0.450. The van der Waals surface area contributed by atoms with Crippen LogP contribution in [0.4, 0.5) is 5.69 Å². The van der Waals surface area contributed by atoms with E-state index in [9.17, 15) is 14.4 Å². The van der Waals surface area contributed by atoms with Gasteiger partial charge in [-0.25, -0.2) is 9.69 Å². The van der Waals surface area contributed by atoms with Crippen LogP contribution in [0.1, 0.15) is 37.0 Å². The molecule has 1 aromatic rings. The number of allylic oxidation sites excluding steroid dienone is 2. The molecule has 1 aromatic carbocycles. The number of carbonyl (C=O) groups is 3. The van der Waals surface area contributed by atoms with Gasteiger partial charge in [-0.15, -0.1) is 0 Å². The van der Waals surface area contributed by atoms with Gasteiger partial charge in [0.1, 0.15) is 0 Å². The van der Waals surface area contributed by atoms with Gasteiger partial charge in [-0.2, -0.15) is 0 Å². The summed E-state index contributed by atoms with van der Waals surface area (Å²) in [4.78, 5) is 39.2. The van der Waals surface area contributed by atoms with E-state index in [0.29, 0.717) is 11.3 Å². The van der Waals surface area contributed by atoms with E-state index in [-0.39, 0.29) is 35.5 Å². The molecule has 2 aliphatic carbocycles. The van der Waals surface area contributed by atoms with Crippen LogP contribution in [0, 0.1) is 23.7 Å². The number of anilines is 1. The number of esters is 1. The second-order valence-corrected chi connectivity index (χ2v) is 7.35. The number of imide groups is 1. The molecule has 1 heterocycles. The average Bonchev–Trinajstić information content (AvgIpc) is 3.24. The summed E-state index contributed by atoms with van der Waals surface area (Å²) in [5.74, 6) is -0.801. The standard InChI is InChI=1S/C20H21NO4/c1-10(2)15-13-7-8-14(15)17-16(13)18(22)21(19(17)23)12-6-4-5-11(9-12)20(24)25-3/h4-6,9,13-14,16-17H,7-8H2,1-3H3/t13-,14-,16-,17+/m0/s1. The molecule has 0 unspecified atom stereocenters. The van der Waals surface area contributed by atoms with Crippen molar-refractivity contribution in [1.82, 2.24) is 0 Å². The minimum absolute atomic E-state index is 0.122. The Morgan fingerprint density at radius 2 is 1.68 bits per heavy atom. The molecule has 130 valence electrons. The molecule has 2 bridgehead atoms. The molecule has 5 nitrogen and oxygen atoms in total. The van der Waals surface area contributed by atoms with E-state index in [2.05, 4.69) is 13.8 Å². The van der Waals surface area contributed by atoms with Crippen LogP contribution in [0.25, 0.3) is 0 Å². The highest BCUT2D eigenvalue weighted by Gasteiger charge is 2.63. The van der Waals surface area contributed by atoms with E-state index in [1.54, 1.807) is 24.3 Å². The van der Waals surface area contributed by atoms with Crippen LogP contribution < -0.4 is 4.90 Å². The van der Waals surface area contributed by atoms with Gasteiger partial charge in [-0.1, -0.05) is 17.2 Å². The van der Waals surface area contributed by atoms with Crippen LogP contribution in [0.3, 0.4) is 0 Å². The number of hydrogen-bond donors (Lipinski definition) is 0. The molecule has 0 radical (unpaired) electrons. The Balaban J connectivity index is 1.72. The number of hydrogen-bond acceptors (Lipinski definition) is 4. The van der Waals surface area contributed by atoms with Gasteiger partial charge in [0.05, 0.1) is 30.2 Å². The number of amides is 2. The van der Waals surface area contributed by atoms with Crippen LogP contribution in [0.5, 0.6) is 0 Å². The van der Waals surface area contributed by atoms with Crippen LogP contribution in [-0.2, 0) is 14.3 Å². The number of methoxy groups -OCH3 is 1. The lowest BCUT2D eigenvalue weighted by molar-refractivity contribution is -0.123. The highest BCUT2D eigenvalue weighted by Crippen LogP contribution is 2.60. The second-order valence-electron chi connectivity index (χ2n) is 7.35. The van der Waals surface area contributed by atoms with E-state index in [0.717, 1.165) is 12.8 Å². The third-order valence-corrected chi connectivity index (χ3v) is 5.96. The van der Waals surface area contributed by atoms with Gasteiger partial charge in [0.2, 0.25) is 11.8 Å². The first-order chi connectivity index (χ1) is 12.0. The van der Waals surface area contributed by atoms with Crippen molar-refractivity contribution in [3.8, 4) is 0 Å². The first kappa shape index (κ1) is 16.1. The number of benzene rings is 1. The van der Waals surface area contributed by atoms with E-state index >= 15 is 0 Å². The summed E-state index contributed by atoms with van der Waals surface area (Å²) in [6.07, 6.45) is 1.98. The number of fused-ring (bicyclic) bond motifs is 5. The summed E-state index contributed by atoms with van der Waals surface area (Å²) in [5, 5.41) is 0. The molecule has 0 N–H and O–H groups in total. The quantitative estimate of drug-likeness (QED) is 0.472. The summed E-state index contributed by atoms with van der Waals surface area (Å²) in [5.41, 5.74) is 3.39. The minimum atomic E-state index is -0.479.